The van der Waals surface area contributed by atoms with E-state index in [-0.39, 0.29) is 12.4 Å². The number of aromatic nitrogens is 1. The Morgan fingerprint density at radius 3 is 2.90 bits per heavy atom. The predicted octanol–water partition coefficient (Wildman–Crippen LogP) is 3.24. The van der Waals surface area contributed by atoms with Crippen LogP contribution in [0.5, 0.6) is 0 Å². The molecule has 1 aromatic carbocycles. The molecule has 5 heteroatoms. The quantitative estimate of drug-likeness (QED) is 0.942. The molecular formula is C16H21FN2OS. The first-order chi connectivity index (χ1) is 10.2. The summed E-state index contributed by atoms with van der Waals surface area (Å²) in [5.41, 5.74) is 1.14. The molecule has 0 radical (unpaired) electrons. The number of aliphatic hydroxyl groups is 1. The molecule has 2 heterocycles. The number of aliphatic hydroxyl groups excluding tert-OH is 1. The molecule has 2 aromatic rings. The van der Waals surface area contributed by atoms with Crippen LogP contribution in [0.4, 0.5) is 4.39 Å². The number of piperidine rings is 1. The number of rotatable bonds is 4. The fourth-order valence-corrected chi connectivity index (χ4v) is 3.99. The molecule has 114 valence electrons. The maximum absolute atomic E-state index is 13.2. The summed E-state index contributed by atoms with van der Waals surface area (Å²) in [5, 5.41) is 10.3. The van der Waals surface area contributed by atoms with Crippen molar-refractivity contribution in [1.82, 2.24) is 9.27 Å². The largest absolute Gasteiger partial charge is 0.396 e. The summed E-state index contributed by atoms with van der Waals surface area (Å²) in [4.78, 5) is 2.42. The summed E-state index contributed by atoms with van der Waals surface area (Å²) < 4.78 is 18.8. The number of likely N-dealkylation sites (tertiary alicyclic amines) is 1. The molecule has 21 heavy (non-hydrogen) atoms. The van der Waals surface area contributed by atoms with E-state index >= 15 is 0 Å². The van der Waals surface area contributed by atoms with Gasteiger partial charge in [-0.1, -0.05) is 6.92 Å². The van der Waals surface area contributed by atoms with Crippen molar-refractivity contribution in [2.45, 2.75) is 25.7 Å². The van der Waals surface area contributed by atoms with Crippen LogP contribution in [0.2, 0.25) is 0 Å². The summed E-state index contributed by atoms with van der Waals surface area (Å²) in [6.45, 7) is 5.40. The van der Waals surface area contributed by atoms with Crippen LogP contribution in [-0.2, 0) is 0 Å². The van der Waals surface area contributed by atoms with E-state index in [0.717, 1.165) is 48.3 Å². The van der Waals surface area contributed by atoms with E-state index in [1.165, 1.54) is 17.6 Å². The summed E-state index contributed by atoms with van der Waals surface area (Å²) in [6, 6.07) is 4.97. The third-order valence-electron chi connectivity index (χ3n) is 4.32. The molecule has 1 aliphatic heterocycles. The van der Waals surface area contributed by atoms with E-state index in [1.54, 1.807) is 6.07 Å². The standard InChI is InChI=1S/C16H21FN2OS/c1-11(10-20)9-19-6-4-12(5-7-19)16-14-3-2-13(17)8-15(14)21-18-16/h2-3,8,11-12,20H,4-7,9-10H2,1H3/t11-/m0/s1. The second kappa shape index (κ2) is 6.38. The van der Waals surface area contributed by atoms with Crippen LogP contribution in [0.15, 0.2) is 18.2 Å². The second-order valence-corrected chi connectivity index (χ2v) is 6.88. The summed E-state index contributed by atoms with van der Waals surface area (Å²) in [6.07, 6.45) is 2.18. The molecule has 0 bridgehead atoms. The highest BCUT2D eigenvalue weighted by Crippen LogP contribution is 2.34. The van der Waals surface area contributed by atoms with Crippen LogP contribution in [0.3, 0.4) is 0 Å². The van der Waals surface area contributed by atoms with Gasteiger partial charge in [0.15, 0.2) is 0 Å². The lowest BCUT2D eigenvalue weighted by molar-refractivity contribution is 0.148. The molecule has 1 aliphatic rings. The monoisotopic (exact) mass is 308 g/mol. The van der Waals surface area contributed by atoms with Crippen LogP contribution in [0.25, 0.3) is 10.1 Å². The van der Waals surface area contributed by atoms with Crippen LogP contribution in [0, 0.1) is 11.7 Å². The van der Waals surface area contributed by atoms with Gasteiger partial charge in [-0.15, -0.1) is 0 Å². The zero-order valence-corrected chi connectivity index (χ0v) is 13.1. The Bertz CT molecular complexity index is 607. The van der Waals surface area contributed by atoms with E-state index in [0.29, 0.717) is 11.8 Å². The van der Waals surface area contributed by atoms with Gasteiger partial charge in [-0.25, -0.2) is 4.39 Å². The molecule has 0 saturated carbocycles. The smallest absolute Gasteiger partial charge is 0.124 e. The number of benzene rings is 1. The van der Waals surface area contributed by atoms with E-state index < -0.39 is 0 Å². The van der Waals surface area contributed by atoms with E-state index in [2.05, 4.69) is 16.2 Å². The van der Waals surface area contributed by atoms with Crippen molar-refractivity contribution >= 4 is 21.6 Å². The molecule has 1 saturated heterocycles. The van der Waals surface area contributed by atoms with Gasteiger partial charge in [0.25, 0.3) is 0 Å². The topological polar surface area (TPSA) is 36.4 Å². The minimum absolute atomic E-state index is 0.189. The molecule has 1 fully saturated rings. The van der Waals surface area contributed by atoms with E-state index in [1.807, 2.05) is 6.07 Å². The Balaban J connectivity index is 1.68. The van der Waals surface area contributed by atoms with Crippen LogP contribution in [-0.4, -0.2) is 40.6 Å². The van der Waals surface area contributed by atoms with Gasteiger partial charge in [0.1, 0.15) is 5.82 Å². The van der Waals surface area contributed by atoms with Gasteiger partial charge in [-0.3, -0.25) is 0 Å². The van der Waals surface area contributed by atoms with E-state index in [9.17, 15) is 4.39 Å². The minimum Gasteiger partial charge on any atom is -0.396 e. The van der Waals surface area contributed by atoms with Gasteiger partial charge in [-0.2, -0.15) is 4.37 Å². The highest BCUT2D eigenvalue weighted by molar-refractivity contribution is 7.13. The van der Waals surface area contributed by atoms with Crippen molar-refractivity contribution in [3.05, 3.63) is 29.7 Å². The van der Waals surface area contributed by atoms with Gasteiger partial charge in [0.2, 0.25) is 0 Å². The number of halogens is 1. The lowest BCUT2D eigenvalue weighted by Crippen LogP contribution is -2.36. The Morgan fingerprint density at radius 2 is 2.19 bits per heavy atom. The average molecular weight is 308 g/mol. The zero-order chi connectivity index (χ0) is 14.8. The maximum Gasteiger partial charge on any atom is 0.124 e. The van der Waals surface area contributed by atoms with Gasteiger partial charge in [0, 0.05) is 24.5 Å². The van der Waals surface area contributed by atoms with Crippen molar-refractivity contribution in [3.63, 3.8) is 0 Å². The Kier molecular flexibility index (Phi) is 4.52. The van der Waals surface area contributed by atoms with E-state index in [4.69, 9.17) is 5.11 Å². The van der Waals surface area contributed by atoms with Crippen LogP contribution < -0.4 is 0 Å². The first kappa shape index (κ1) is 14.9. The van der Waals surface area contributed by atoms with Crippen molar-refractivity contribution < 1.29 is 9.50 Å². The van der Waals surface area contributed by atoms with Gasteiger partial charge in [0.05, 0.1) is 10.4 Å². The van der Waals surface area contributed by atoms with Crippen LogP contribution in [0.1, 0.15) is 31.4 Å². The molecule has 0 aliphatic carbocycles. The normalized spacial score (nSPS) is 19.2. The number of hydrogen-bond acceptors (Lipinski definition) is 4. The number of nitrogens with zero attached hydrogens (tertiary/aromatic N) is 2. The molecule has 0 spiro atoms. The lowest BCUT2D eigenvalue weighted by Gasteiger charge is -2.32. The second-order valence-electron chi connectivity index (χ2n) is 6.07. The SMILES string of the molecule is C[C@H](CO)CN1CCC(c2nsc3cc(F)ccc23)CC1. The first-order valence-electron chi connectivity index (χ1n) is 7.55. The fraction of sp³-hybridized carbons (Fsp3) is 0.562. The molecule has 0 amide bonds. The average Bonchev–Trinajstić information content (AvgIpc) is 2.90. The predicted molar refractivity (Wildman–Crippen MR) is 84.2 cm³/mol. The molecule has 0 unspecified atom stereocenters. The molecule has 1 N–H and O–H groups in total. The third-order valence-corrected chi connectivity index (χ3v) is 5.14. The molecule has 1 atom stereocenters. The molecule has 1 aromatic heterocycles. The van der Waals surface area contributed by atoms with Crippen molar-refractivity contribution in [3.8, 4) is 0 Å². The zero-order valence-electron chi connectivity index (χ0n) is 12.3. The molecule has 3 rings (SSSR count). The highest BCUT2D eigenvalue weighted by Gasteiger charge is 2.24. The maximum atomic E-state index is 13.2. The first-order valence-corrected chi connectivity index (χ1v) is 8.32. The van der Waals surface area contributed by atoms with Gasteiger partial charge < -0.3 is 10.0 Å². The Labute approximate surface area is 128 Å². The van der Waals surface area contributed by atoms with Crippen molar-refractivity contribution in [2.75, 3.05) is 26.2 Å². The molecule has 3 nitrogen and oxygen atoms in total. The van der Waals surface area contributed by atoms with Gasteiger partial charge >= 0.3 is 0 Å². The van der Waals surface area contributed by atoms with Crippen molar-refractivity contribution in [1.29, 1.82) is 0 Å². The summed E-state index contributed by atoms with van der Waals surface area (Å²) in [5.74, 6) is 0.625. The summed E-state index contributed by atoms with van der Waals surface area (Å²) in [7, 11) is 0. The lowest BCUT2D eigenvalue weighted by atomic mass is 9.91. The third kappa shape index (κ3) is 3.25. The highest BCUT2D eigenvalue weighted by atomic mass is 32.1. The summed E-state index contributed by atoms with van der Waals surface area (Å²) >= 11 is 1.40. The van der Waals surface area contributed by atoms with Gasteiger partial charge in [-0.05, 0) is 61.6 Å². The fourth-order valence-electron chi connectivity index (χ4n) is 3.11. The molecular weight excluding hydrogens is 287 g/mol. The minimum atomic E-state index is -0.189. The Hall–Kier alpha value is -1.04. The van der Waals surface area contributed by atoms with Crippen LogP contribution >= 0.6 is 11.5 Å². The Morgan fingerprint density at radius 1 is 1.43 bits per heavy atom. The van der Waals surface area contributed by atoms with Crippen molar-refractivity contribution in [2.24, 2.45) is 5.92 Å². The number of fused-ring (bicyclic) bond motifs is 1. The number of hydrogen-bond donors (Lipinski definition) is 1.